The summed E-state index contributed by atoms with van der Waals surface area (Å²) >= 11 is 7.16. The lowest BCUT2D eigenvalue weighted by Gasteiger charge is -2.08. The molecule has 16 heavy (non-hydrogen) atoms. The van der Waals surface area contributed by atoms with Crippen molar-refractivity contribution in [2.24, 2.45) is 0 Å². The predicted octanol–water partition coefficient (Wildman–Crippen LogP) is 3.54. The molecule has 84 valence electrons. The highest BCUT2D eigenvalue weighted by Crippen LogP contribution is 2.40. The topological polar surface area (TPSA) is 52.0 Å². The van der Waals surface area contributed by atoms with Crippen LogP contribution in [0.15, 0.2) is 15.1 Å². The lowest BCUT2D eigenvalue weighted by atomic mass is 10.2. The molecule has 3 nitrogen and oxygen atoms in total. The summed E-state index contributed by atoms with van der Waals surface area (Å²) in [4.78, 5) is 2.58. The molecule has 6 heteroatoms. The van der Waals surface area contributed by atoms with Gasteiger partial charge in [-0.15, -0.1) is 11.3 Å². The number of hydrogen-bond acceptors (Lipinski definition) is 5. The molecule has 0 spiro atoms. The molecular weight excluding hydrogens is 308 g/mol. The van der Waals surface area contributed by atoms with Gasteiger partial charge in [0.15, 0.2) is 11.6 Å². The quantitative estimate of drug-likeness (QED) is 0.874. The highest BCUT2D eigenvalue weighted by molar-refractivity contribution is 9.10. The summed E-state index contributed by atoms with van der Waals surface area (Å²) in [6, 6.07) is 2.19. The number of aryl methyl sites for hydroxylation is 1. The second kappa shape index (κ2) is 4.09. The Kier molecular flexibility index (Phi) is 2.73. The van der Waals surface area contributed by atoms with E-state index in [4.69, 9.17) is 10.3 Å². The minimum Gasteiger partial charge on any atom is -0.380 e. The number of anilines is 1. The van der Waals surface area contributed by atoms with Crippen molar-refractivity contribution in [1.29, 1.82) is 0 Å². The normalized spacial score (nSPS) is 15.1. The summed E-state index contributed by atoms with van der Waals surface area (Å²) in [5, 5.41) is 3.76. The summed E-state index contributed by atoms with van der Waals surface area (Å²) in [5.41, 5.74) is 7.08. The summed E-state index contributed by atoms with van der Waals surface area (Å²) in [6.07, 6.45) is 1.16. The van der Waals surface area contributed by atoms with E-state index < -0.39 is 0 Å². The zero-order chi connectivity index (χ0) is 11.1. The summed E-state index contributed by atoms with van der Waals surface area (Å²) in [6.45, 7) is 0. The van der Waals surface area contributed by atoms with Crippen molar-refractivity contribution in [3.8, 4) is 10.6 Å². The Hall–Kier alpha value is -0.460. The first-order valence-electron chi connectivity index (χ1n) is 4.86. The molecular formula is C10H9BrN2OS2. The van der Waals surface area contributed by atoms with Crippen molar-refractivity contribution in [3.63, 3.8) is 0 Å². The van der Waals surface area contributed by atoms with E-state index in [0.29, 0.717) is 5.82 Å². The molecule has 3 rings (SSSR count). The number of halogens is 1. The fourth-order valence-electron chi connectivity index (χ4n) is 1.70. The van der Waals surface area contributed by atoms with Crippen LogP contribution in [0.1, 0.15) is 10.4 Å². The van der Waals surface area contributed by atoms with Gasteiger partial charge in [-0.3, -0.25) is 0 Å². The molecule has 1 aliphatic rings. The van der Waals surface area contributed by atoms with E-state index in [-0.39, 0.29) is 0 Å². The van der Waals surface area contributed by atoms with Crippen molar-refractivity contribution in [1.82, 2.24) is 5.16 Å². The monoisotopic (exact) mass is 316 g/mol. The number of aromatic nitrogens is 1. The minimum atomic E-state index is 0.413. The Morgan fingerprint density at radius 2 is 2.38 bits per heavy atom. The summed E-state index contributed by atoms with van der Waals surface area (Å²) in [5.74, 6) is 3.48. The van der Waals surface area contributed by atoms with Gasteiger partial charge < -0.3 is 10.3 Å². The van der Waals surface area contributed by atoms with E-state index in [9.17, 15) is 0 Å². The van der Waals surface area contributed by atoms with Gasteiger partial charge >= 0.3 is 0 Å². The molecule has 0 radical (unpaired) electrons. The number of hydrogen-bond donors (Lipinski definition) is 1. The predicted molar refractivity (Wildman–Crippen MR) is 71.8 cm³/mol. The van der Waals surface area contributed by atoms with E-state index in [1.807, 2.05) is 11.8 Å². The van der Waals surface area contributed by atoms with Crippen molar-refractivity contribution in [3.05, 3.63) is 21.0 Å². The van der Waals surface area contributed by atoms with Crippen LogP contribution in [0.25, 0.3) is 10.6 Å². The Balaban J connectivity index is 2.07. The fraction of sp³-hybridized carbons (Fsp3) is 0.300. The summed E-state index contributed by atoms with van der Waals surface area (Å²) < 4.78 is 6.00. The first-order valence-corrected chi connectivity index (χ1v) is 7.62. The van der Waals surface area contributed by atoms with Crippen LogP contribution >= 0.6 is 39.0 Å². The maximum Gasteiger partial charge on any atom is 0.193 e. The van der Waals surface area contributed by atoms with Crippen LogP contribution in [0.3, 0.4) is 0 Å². The van der Waals surface area contributed by atoms with E-state index in [0.717, 1.165) is 27.3 Å². The van der Waals surface area contributed by atoms with Crippen LogP contribution in [0.5, 0.6) is 0 Å². The maximum absolute atomic E-state index is 5.65. The maximum atomic E-state index is 5.65. The van der Waals surface area contributed by atoms with Crippen molar-refractivity contribution in [2.75, 3.05) is 11.5 Å². The number of fused-ring (bicyclic) bond motifs is 1. The Morgan fingerprint density at radius 3 is 3.06 bits per heavy atom. The van der Waals surface area contributed by atoms with Gasteiger partial charge in [-0.1, -0.05) is 5.16 Å². The number of nitrogens with two attached hydrogens (primary N) is 1. The van der Waals surface area contributed by atoms with E-state index >= 15 is 0 Å². The molecule has 0 unspecified atom stereocenters. The number of nitrogens with zero attached hydrogens (tertiary/aromatic N) is 1. The minimum absolute atomic E-state index is 0.413. The molecule has 0 aromatic carbocycles. The van der Waals surface area contributed by atoms with Gasteiger partial charge in [0, 0.05) is 10.6 Å². The van der Waals surface area contributed by atoms with Crippen LogP contribution in [-0.4, -0.2) is 10.9 Å². The number of nitrogen functional groups attached to an aromatic ring is 1. The Morgan fingerprint density at radius 1 is 1.50 bits per heavy atom. The molecule has 0 saturated carbocycles. The van der Waals surface area contributed by atoms with Gasteiger partial charge in [0.1, 0.15) is 4.47 Å². The Labute approximate surface area is 110 Å². The largest absolute Gasteiger partial charge is 0.380 e. The van der Waals surface area contributed by atoms with Crippen molar-refractivity contribution >= 4 is 44.8 Å². The highest BCUT2D eigenvalue weighted by atomic mass is 79.9. The Bertz CT molecular complexity index is 511. The van der Waals surface area contributed by atoms with Crippen LogP contribution in [0, 0.1) is 0 Å². The molecule has 2 N–H and O–H groups in total. The molecule has 2 aromatic heterocycles. The first kappa shape index (κ1) is 10.7. The number of thiophene rings is 1. The smallest absolute Gasteiger partial charge is 0.193 e. The van der Waals surface area contributed by atoms with Crippen molar-refractivity contribution in [2.45, 2.75) is 12.2 Å². The average Bonchev–Trinajstić information content (AvgIpc) is 2.84. The van der Waals surface area contributed by atoms with Crippen LogP contribution in [0.4, 0.5) is 5.82 Å². The van der Waals surface area contributed by atoms with E-state index in [1.54, 1.807) is 11.3 Å². The average molecular weight is 317 g/mol. The third kappa shape index (κ3) is 1.69. The molecule has 3 heterocycles. The van der Waals surface area contributed by atoms with Gasteiger partial charge in [-0.2, -0.15) is 11.8 Å². The van der Waals surface area contributed by atoms with E-state index in [2.05, 4.69) is 27.2 Å². The van der Waals surface area contributed by atoms with E-state index in [1.165, 1.54) is 16.2 Å². The number of rotatable bonds is 1. The highest BCUT2D eigenvalue weighted by Gasteiger charge is 2.19. The van der Waals surface area contributed by atoms with Crippen LogP contribution in [-0.2, 0) is 12.2 Å². The van der Waals surface area contributed by atoms with Crippen LogP contribution in [0.2, 0.25) is 0 Å². The zero-order valence-electron chi connectivity index (χ0n) is 8.33. The first-order chi connectivity index (χ1) is 7.75. The summed E-state index contributed by atoms with van der Waals surface area (Å²) in [7, 11) is 0. The molecule has 0 saturated heterocycles. The second-order valence-corrected chi connectivity index (χ2v) is 6.61. The van der Waals surface area contributed by atoms with Crippen molar-refractivity contribution < 1.29 is 4.52 Å². The number of thioether (sulfide) groups is 1. The standard InChI is InChI=1S/C10H9BrN2OS2/c11-8-9(14-13-10(8)12)7-3-5-4-15-2-1-6(5)16-7/h3H,1-2,4H2,(H2,12,13). The van der Waals surface area contributed by atoms with Gasteiger partial charge in [0.25, 0.3) is 0 Å². The third-order valence-electron chi connectivity index (χ3n) is 2.51. The molecule has 0 aliphatic carbocycles. The zero-order valence-corrected chi connectivity index (χ0v) is 11.5. The van der Waals surface area contributed by atoms with Crippen LogP contribution < -0.4 is 5.73 Å². The SMILES string of the molecule is Nc1noc(-c2cc3c(s2)CCSC3)c1Br. The molecule has 0 amide bonds. The molecule has 2 aromatic rings. The molecule has 1 aliphatic heterocycles. The van der Waals surface area contributed by atoms with Gasteiger partial charge in [0.05, 0.1) is 4.88 Å². The van der Waals surface area contributed by atoms with Gasteiger partial charge in [-0.25, -0.2) is 0 Å². The molecule has 0 bridgehead atoms. The third-order valence-corrected chi connectivity index (χ3v) is 5.52. The fourth-order valence-corrected chi connectivity index (χ4v) is 4.55. The second-order valence-electron chi connectivity index (χ2n) is 3.57. The van der Waals surface area contributed by atoms with Gasteiger partial charge in [0.2, 0.25) is 0 Å². The molecule has 0 atom stereocenters. The lowest BCUT2D eigenvalue weighted by molar-refractivity contribution is 0.436. The molecule has 0 fully saturated rings. The van der Waals surface area contributed by atoms with Gasteiger partial charge in [-0.05, 0) is 39.7 Å². The lowest BCUT2D eigenvalue weighted by Crippen LogP contribution is -1.96.